The minimum absolute atomic E-state index is 0.110. The van der Waals surface area contributed by atoms with Gasteiger partial charge in [0.1, 0.15) is 13.2 Å². The number of carbonyl (C=O) groups excluding carboxylic acids is 1. The quantitative estimate of drug-likeness (QED) is 0.340. The monoisotopic (exact) mass is 208 g/mol. The number of aliphatic carboxylic acids is 1. The van der Waals surface area contributed by atoms with Gasteiger partial charge in [-0.1, -0.05) is 4.57 Å². The summed E-state index contributed by atoms with van der Waals surface area (Å²) < 4.78 is 10.7. The highest BCUT2D eigenvalue weighted by molar-refractivity contribution is 7.43. The van der Waals surface area contributed by atoms with E-state index in [0.717, 1.165) is 4.90 Å². The largest absolute Gasteiger partial charge is 0.480 e. The highest BCUT2D eigenvalue weighted by Gasteiger charge is 2.24. The molecule has 0 heterocycles. The second-order valence-electron chi connectivity index (χ2n) is 2.46. The number of nitrogens with zero attached hydrogens (tertiary/aromatic N) is 1. The van der Waals surface area contributed by atoms with Crippen LogP contribution in [-0.2, 0) is 14.2 Å². The summed E-state index contributed by atoms with van der Waals surface area (Å²) in [6.07, 6.45) is -1.42. The Morgan fingerprint density at radius 3 is 2.54 bits per heavy atom. The van der Waals surface area contributed by atoms with Crippen LogP contribution < -0.4 is 0 Å². The van der Waals surface area contributed by atoms with E-state index < -0.39 is 26.5 Å². The van der Waals surface area contributed by atoms with Crippen LogP contribution in [0, 0.1) is 0 Å². The van der Waals surface area contributed by atoms with Gasteiger partial charge in [-0.15, -0.1) is 0 Å². The molecule has 0 bridgehead atoms. The average molecular weight is 208 g/mol. The van der Waals surface area contributed by atoms with Crippen molar-refractivity contribution in [2.24, 2.45) is 0 Å². The summed E-state index contributed by atoms with van der Waals surface area (Å²) in [5.74, 6) is -1.18. The summed E-state index contributed by atoms with van der Waals surface area (Å²) in [4.78, 5) is 21.3. The molecule has 0 aliphatic carbocycles. The minimum atomic E-state index is -1.61. The van der Waals surface area contributed by atoms with Crippen LogP contribution in [0.1, 0.15) is 0 Å². The molecule has 0 aromatic carbocycles. The number of carboxylic acid groups (broad SMARTS) is 1. The molecule has 0 spiro atoms. The van der Waals surface area contributed by atoms with Crippen LogP contribution in [0.2, 0.25) is 0 Å². The van der Waals surface area contributed by atoms with Gasteiger partial charge in [0.25, 0.3) is 0 Å². The Kier molecular flexibility index (Phi) is 5.37. The van der Waals surface area contributed by atoms with Crippen molar-refractivity contribution in [3.8, 4) is 0 Å². The first kappa shape index (κ1) is 12.2. The Balaban J connectivity index is 4.25. The van der Waals surface area contributed by atoms with Crippen LogP contribution in [0.4, 0.5) is 0 Å². The predicted octanol–water partition coefficient (Wildman–Crippen LogP) is -0.695. The lowest BCUT2D eigenvalue weighted by molar-refractivity contribution is -0.142. The highest BCUT2D eigenvalue weighted by Crippen LogP contribution is 2.16. The molecule has 0 rings (SSSR count). The van der Waals surface area contributed by atoms with Crippen molar-refractivity contribution in [3.05, 3.63) is 0 Å². The Morgan fingerprint density at radius 2 is 2.23 bits per heavy atom. The van der Waals surface area contributed by atoms with E-state index in [1.807, 2.05) is 0 Å². The normalized spacial score (nSPS) is 13.9. The fraction of sp³-hybridized carbons (Fsp3) is 0.667. The maximum Gasteiger partial charge on any atom is 0.351 e. The van der Waals surface area contributed by atoms with E-state index >= 15 is 0 Å². The summed E-state index contributed by atoms with van der Waals surface area (Å²) in [5.41, 5.74) is 0. The zero-order chi connectivity index (χ0) is 10.4. The second kappa shape index (κ2) is 5.75. The molecule has 0 amide bonds. The van der Waals surface area contributed by atoms with Gasteiger partial charge in [-0.3, -0.25) is 9.59 Å². The Hall–Kier alpha value is -0.840. The topological polar surface area (TPSA) is 94.9 Å². The molecule has 0 fully saturated rings. The van der Waals surface area contributed by atoms with Crippen molar-refractivity contribution in [2.75, 3.05) is 19.5 Å². The highest BCUT2D eigenvalue weighted by atomic mass is 31.1. The third kappa shape index (κ3) is 5.41. The summed E-state index contributed by atoms with van der Waals surface area (Å²) in [6, 6.07) is 0. The molecule has 0 aliphatic heterocycles. The molecule has 0 saturated carbocycles. The predicted molar refractivity (Wildman–Crippen MR) is 44.8 cm³/mol. The third-order valence-electron chi connectivity index (χ3n) is 1.21. The van der Waals surface area contributed by atoms with E-state index in [1.54, 1.807) is 0 Å². The first-order valence-corrected chi connectivity index (χ1v) is 5.34. The lowest BCUT2D eigenvalue weighted by atomic mass is 10.5. The number of carboxylic acids is 1. The van der Waals surface area contributed by atoms with Crippen LogP contribution in [0.15, 0.2) is 0 Å². The van der Waals surface area contributed by atoms with Gasteiger partial charge in [0, 0.05) is 0 Å². The Labute approximate surface area is 75.9 Å². The zero-order valence-corrected chi connectivity index (χ0v) is 7.98. The van der Waals surface area contributed by atoms with Crippen LogP contribution in [0.3, 0.4) is 0 Å². The van der Waals surface area contributed by atoms with Crippen molar-refractivity contribution in [3.63, 3.8) is 0 Å². The molecule has 6 nitrogen and oxygen atoms in total. The molecule has 0 radical (unpaired) electrons. The summed E-state index contributed by atoms with van der Waals surface area (Å²) in [6.45, 7) is 0.885. The van der Waals surface area contributed by atoms with Gasteiger partial charge in [0.15, 0.2) is 12.5 Å². The molecule has 2 atom stereocenters. The van der Waals surface area contributed by atoms with Gasteiger partial charge in [-0.2, -0.15) is 0 Å². The minimum Gasteiger partial charge on any atom is -0.480 e. The number of aliphatic hydroxyl groups excluding tert-OH is 1. The van der Waals surface area contributed by atoms with E-state index in [1.165, 1.54) is 6.66 Å². The van der Waals surface area contributed by atoms with Gasteiger partial charge in [-0.25, -0.2) is 4.90 Å². The van der Waals surface area contributed by atoms with Crippen molar-refractivity contribution < 1.29 is 24.4 Å². The second-order valence-corrected chi connectivity index (χ2v) is 4.00. The SMILES string of the molecule is C[P+](=O)CN(CC(=O)O)C(O)C=O. The maximum absolute atomic E-state index is 10.7. The van der Waals surface area contributed by atoms with Gasteiger partial charge in [0.05, 0.1) is 0 Å². The standard InChI is InChI=1S/C6H10NO5P/c1-13(12)4-7(2-6(10)11)5(9)3-8/h3,5,9H,2,4H2,1H3/p+1. The van der Waals surface area contributed by atoms with E-state index in [-0.39, 0.29) is 12.6 Å². The van der Waals surface area contributed by atoms with Crippen LogP contribution >= 0.6 is 7.80 Å². The van der Waals surface area contributed by atoms with Gasteiger partial charge >= 0.3 is 13.8 Å². The smallest absolute Gasteiger partial charge is 0.351 e. The summed E-state index contributed by atoms with van der Waals surface area (Å²) >= 11 is 0. The molecule has 7 heteroatoms. The maximum atomic E-state index is 10.7. The van der Waals surface area contributed by atoms with E-state index in [2.05, 4.69) is 0 Å². The molecular weight excluding hydrogens is 197 g/mol. The molecular formula is C6H11NO5P+. The molecule has 0 aliphatic rings. The summed E-state index contributed by atoms with van der Waals surface area (Å²) in [5, 5.41) is 17.4. The molecule has 2 N–H and O–H groups in total. The lowest BCUT2D eigenvalue weighted by Gasteiger charge is -2.16. The van der Waals surface area contributed by atoms with Gasteiger partial charge < -0.3 is 10.2 Å². The van der Waals surface area contributed by atoms with E-state index in [4.69, 9.17) is 10.2 Å². The Bertz CT molecular complexity index is 203. The fourth-order valence-electron chi connectivity index (χ4n) is 0.743. The lowest BCUT2D eigenvalue weighted by Crippen LogP contribution is -2.39. The zero-order valence-electron chi connectivity index (χ0n) is 7.08. The molecule has 2 unspecified atom stereocenters. The summed E-state index contributed by atoms with van der Waals surface area (Å²) in [7, 11) is -1.61. The van der Waals surface area contributed by atoms with Gasteiger partial charge in [0.2, 0.25) is 6.29 Å². The average Bonchev–Trinajstić information content (AvgIpc) is 2.00. The van der Waals surface area contributed by atoms with Crippen LogP contribution in [0.25, 0.3) is 0 Å². The molecule has 0 aromatic heterocycles. The Morgan fingerprint density at radius 1 is 1.69 bits per heavy atom. The number of hydrogen-bond donors (Lipinski definition) is 2. The van der Waals surface area contributed by atoms with Gasteiger partial charge in [-0.05, 0) is 0 Å². The van der Waals surface area contributed by atoms with E-state index in [0.29, 0.717) is 0 Å². The number of rotatable bonds is 6. The third-order valence-corrected chi connectivity index (χ3v) is 1.98. The first-order chi connectivity index (χ1) is 5.97. The van der Waals surface area contributed by atoms with Crippen molar-refractivity contribution in [1.82, 2.24) is 4.90 Å². The van der Waals surface area contributed by atoms with Crippen molar-refractivity contribution in [2.45, 2.75) is 6.23 Å². The van der Waals surface area contributed by atoms with Crippen LogP contribution in [-0.4, -0.2) is 53.1 Å². The number of aldehydes is 1. The fourth-order valence-corrected chi connectivity index (χ4v) is 1.52. The van der Waals surface area contributed by atoms with E-state index in [9.17, 15) is 14.2 Å². The first-order valence-electron chi connectivity index (χ1n) is 3.45. The number of hydrogen-bond acceptors (Lipinski definition) is 5. The molecule has 0 saturated heterocycles. The van der Waals surface area contributed by atoms with Crippen LogP contribution in [0.5, 0.6) is 0 Å². The molecule has 74 valence electrons. The molecule has 13 heavy (non-hydrogen) atoms. The number of aliphatic hydroxyl groups is 1. The van der Waals surface area contributed by atoms with Crippen molar-refractivity contribution >= 4 is 20.1 Å². The number of carbonyl (C=O) groups is 2. The van der Waals surface area contributed by atoms with Crippen molar-refractivity contribution in [1.29, 1.82) is 0 Å². The molecule has 0 aromatic rings.